The van der Waals surface area contributed by atoms with Crippen LogP contribution in [0.25, 0.3) is 0 Å². The second-order valence-corrected chi connectivity index (χ2v) is 6.63. The Morgan fingerprint density at radius 1 is 1.07 bits per heavy atom. The number of carbonyl (C=O) groups is 2. The Bertz CT molecular complexity index is 760. The third-order valence-corrected chi connectivity index (χ3v) is 4.53. The topological polar surface area (TPSA) is 76.1 Å². The fourth-order valence-corrected chi connectivity index (χ4v) is 3.10. The third-order valence-electron chi connectivity index (χ3n) is 4.53. The van der Waals surface area contributed by atoms with E-state index in [0.717, 1.165) is 11.1 Å². The van der Waals surface area contributed by atoms with E-state index >= 15 is 0 Å². The van der Waals surface area contributed by atoms with Crippen molar-refractivity contribution in [3.05, 3.63) is 71.3 Å². The highest BCUT2D eigenvalue weighted by atomic mass is 16.6. The molecule has 1 saturated heterocycles. The molecule has 0 radical (unpaired) electrons. The molecule has 1 aliphatic rings. The first-order valence-corrected chi connectivity index (χ1v) is 8.97. The van der Waals surface area contributed by atoms with E-state index < -0.39 is 5.97 Å². The van der Waals surface area contributed by atoms with Gasteiger partial charge in [-0.15, -0.1) is 0 Å². The van der Waals surface area contributed by atoms with Crippen LogP contribution >= 0.6 is 0 Å². The SMILES string of the molecule is O=C(O)c1ccc(C[C@@H]2COCCN(C(=O)OCc3ccccc3)C2)cc1. The van der Waals surface area contributed by atoms with Gasteiger partial charge in [0.2, 0.25) is 0 Å². The first kappa shape index (κ1) is 18.9. The van der Waals surface area contributed by atoms with E-state index in [1.165, 1.54) is 0 Å². The minimum Gasteiger partial charge on any atom is -0.478 e. The van der Waals surface area contributed by atoms with Crippen molar-refractivity contribution in [2.24, 2.45) is 5.92 Å². The molecule has 1 aliphatic heterocycles. The number of aromatic carboxylic acids is 1. The van der Waals surface area contributed by atoms with Gasteiger partial charge in [0.25, 0.3) is 0 Å². The zero-order chi connectivity index (χ0) is 19.1. The Balaban J connectivity index is 1.56. The molecule has 2 aromatic carbocycles. The molecule has 0 aromatic heterocycles. The van der Waals surface area contributed by atoms with Crippen LogP contribution in [0.4, 0.5) is 4.79 Å². The molecule has 1 amide bonds. The average molecular weight is 369 g/mol. The normalized spacial score (nSPS) is 17.2. The van der Waals surface area contributed by atoms with Crippen molar-refractivity contribution in [1.29, 1.82) is 0 Å². The predicted octanol–water partition coefficient (Wildman–Crippen LogP) is 3.21. The molecule has 0 unspecified atom stereocenters. The number of hydrogen-bond acceptors (Lipinski definition) is 4. The van der Waals surface area contributed by atoms with Crippen LogP contribution in [0.5, 0.6) is 0 Å². The molecule has 1 heterocycles. The smallest absolute Gasteiger partial charge is 0.410 e. The molecule has 1 N–H and O–H groups in total. The van der Waals surface area contributed by atoms with Crippen LogP contribution in [0.3, 0.4) is 0 Å². The van der Waals surface area contributed by atoms with Crippen molar-refractivity contribution in [3.8, 4) is 0 Å². The molecule has 6 nitrogen and oxygen atoms in total. The van der Waals surface area contributed by atoms with Crippen molar-refractivity contribution in [1.82, 2.24) is 4.90 Å². The summed E-state index contributed by atoms with van der Waals surface area (Å²) in [5, 5.41) is 8.98. The largest absolute Gasteiger partial charge is 0.478 e. The van der Waals surface area contributed by atoms with Crippen LogP contribution in [0.15, 0.2) is 54.6 Å². The minimum atomic E-state index is -0.938. The fraction of sp³-hybridized carbons (Fsp3) is 0.333. The van der Waals surface area contributed by atoms with E-state index in [1.807, 2.05) is 42.5 Å². The lowest BCUT2D eigenvalue weighted by atomic mass is 9.99. The molecular weight excluding hydrogens is 346 g/mol. The Morgan fingerprint density at radius 3 is 2.52 bits per heavy atom. The van der Waals surface area contributed by atoms with E-state index in [0.29, 0.717) is 32.7 Å². The van der Waals surface area contributed by atoms with E-state index in [-0.39, 0.29) is 24.2 Å². The number of nitrogens with zero attached hydrogens (tertiary/aromatic N) is 1. The summed E-state index contributed by atoms with van der Waals surface area (Å²) in [5.74, 6) is -0.806. The van der Waals surface area contributed by atoms with Crippen LogP contribution in [0.1, 0.15) is 21.5 Å². The highest BCUT2D eigenvalue weighted by molar-refractivity contribution is 5.87. The van der Waals surface area contributed by atoms with E-state index in [1.54, 1.807) is 17.0 Å². The summed E-state index contributed by atoms with van der Waals surface area (Å²) in [6.07, 6.45) is 0.373. The van der Waals surface area contributed by atoms with E-state index in [2.05, 4.69) is 0 Å². The number of carboxylic acids is 1. The van der Waals surface area contributed by atoms with Crippen molar-refractivity contribution in [3.63, 3.8) is 0 Å². The summed E-state index contributed by atoms with van der Waals surface area (Å²) in [4.78, 5) is 25.1. The van der Waals surface area contributed by atoms with Crippen LogP contribution in [0.2, 0.25) is 0 Å². The van der Waals surface area contributed by atoms with Gasteiger partial charge in [0, 0.05) is 19.0 Å². The molecule has 6 heteroatoms. The van der Waals surface area contributed by atoms with Gasteiger partial charge in [0.05, 0.1) is 18.8 Å². The second-order valence-electron chi connectivity index (χ2n) is 6.63. The molecule has 1 atom stereocenters. The highest BCUT2D eigenvalue weighted by Crippen LogP contribution is 2.16. The summed E-state index contributed by atoms with van der Waals surface area (Å²) in [6.45, 7) is 2.34. The minimum absolute atomic E-state index is 0.132. The number of carbonyl (C=O) groups excluding carboxylic acids is 1. The lowest BCUT2D eigenvalue weighted by molar-refractivity contribution is 0.0696. The van der Waals surface area contributed by atoms with E-state index in [4.69, 9.17) is 14.6 Å². The number of benzene rings is 2. The number of ether oxygens (including phenoxy) is 2. The standard InChI is InChI=1S/C21H23NO5/c23-20(24)19-8-6-16(7-9-19)12-18-13-22(10-11-26-14-18)21(25)27-15-17-4-2-1-3-5-17/h1-9,18H,10-15H2,(H,23,24)/t18-/m0/s1. The van der Waals surface area contributed by atoms with Gasteiger partial charge in [0.15, 0.2) is 0 Å². The van der Waals surface area contributed by atoms with E-state index in [9.17, 15) is 9.59 Å². The quantitative estimate of drug-likeness (QED) is 0.876. The van der Waals surface area contributed by atoms with Gasteiger partial charge in [-0.25, -0.2) is 9.59 Å². The predicted molar refractivity (Wildman–Crippen MR) is 99.6 cm³/mol. The number of carboxylic acid groups (broad SMARTS) is 1. The summed E-state index contributed by atoms with van der Waals surface area (Å²) < 4.78 is 11.1. The van der Waals surface area contributed by atoms with Gasteiger partial charge in [-0.3, -0.25) is 0 Å². The lowest BCUT2D eigenvalue weighted by Crippen LogP contribution is -2.36. The zero-order valence-electron chi connectivity index (χ0n) is 15.0. The monoisotopic (exact) mass is 369 g/mol. The molecule has 3 rings (SSSR count). The maximum absolute atomic E-state index is 12.4. The fourth-order valence-electron chi connectivity index (χ4n) is 3.10. The Morgan fingerprint density at radius 2 is 1.81 bits per heavy atom. The van der Waals surface area contributed by atoms with Crippen LogP contribution in [0, 0.1) is 5.92 Å². The maximum Gasteiger partial charge on any atom is 0.410 e. The Labute approximate surface area is 158 Å². The van der Waals surface area contributed by atoms with Gasteiger partial charge in [-0.1, -0.05) is 42.5 Å². The van der Waals surface area contributed by atoms with Crippen LogP contribution in [-0.4, -0.2) is 48.4 Å². The first-order valence-electron chi connectivity index (χ1n) is 8.97. The molecule has 2 aromatic rings. The maximum atomic E-state index is 12.4. The lowest BCUT2D eigenvalue weighted by Gasteiger charge is -2.23. The molecule has 142 valence electrons. The van der Waals surface area contributed by atoms with Crippen molar-refractivity contribution in [2.75, 3.05) is 26.3 Å². The number of amides is 1. The summed E-state index contributed by atoms with van der Waals surface area (Å²) >= 11 is 0. The van der Waals surface area contributed by atoms with Gasteiger partial charge >= 0.3 is 12.1 Å². The van der Waals surface area contributed by atoms with Gasteiger partial charge < -0.3 is 19.5 Å². The van der Waals surface area contributed by atoms with Crippen LogP contribution in [-0.2, 0) is 22.5 Å². The molecule has 0 bridgehead atoms. The zero-order valence-corrected chi connectivity index (χ0v) is 15.0. The first-order chi connectivity index (χ1) is 13.1. The molecular formula is C21H23NO5. The van der Waals surface area contributed by atoms with Gasteiger partial charge in [-0.05, 0) is 29.7 Å². The highest BCUT2D eigenvalue weighted by Gasteiger charge is 2.24. The summed E-state index contributed by atoms with van der Waals surface area (Å²) in [7, 11) is 0. The van der Waals surface area contributed by atoms with Crippen molar-refractivity contribution >= 4 is 12.1 Å². The van der Waals surface area contributed by atoms with Crippen molar-refractivity contribution in [2.45, 2.75) is 13.0 Å². The number of hydrogen-bond donors (Lipinski definition) is 1. The molecule has 0 aliphatic carbocycles. The summed E-state index contributed by atoms with van der Waals surface area (Å²) in [6, 6.07) is 16.4. The van der Waals surface area contributed by atoms with Gasteiger partial charge in [0.1, 0.15) is 6.61 Å². The molecule has 27 heavy (non-hydrogen) atoms. The molecule has 0 saturated carbocycles. The second kappa shape index (κ2) is 9.19. The Kier molecular flexibility index (Phi) is 6.44. The average Bonchev–Trinajstić information content (AvgIpc) is 2.93. The molecule has 0 spiro atoms. The van der Waals surface area contributed by atoms with Crippen molar-refractivity contribution < 1.29 is 24.2 Å². The molecule has 1 fully saturated rings. The third kappa shape index (κ3) is 5.56. The van der Waals surface area contributed by atoms with Crippen LogP contribution < -0.4 is 0 Å². The number of rotatable bonds is 5. The van der Waals surface area contributed by atoms with Gasteiger partial charge in [-0.2, -0.15) is 0 Å². The summed E-state index contributed by atoms with van der Waals surface area (Å²) in [5.41, 5.74) is 2.24. The Hall–Kier alpha value is -2.86.